The topological polar surface area (TPSA) is 67.4 Å². The van der Waals surface area contributed by atoms with Crippen LogP contribution in [0.3, 0.4) is 0 Å². The highest BCUT2D eigenvalue weighted by molar-refractivity contribution is 6.43. The second kappa shape index (κ2) is 8.33. The molecule has 0 spiro atoms. The molecule has 0 heterocycles. The molecule has 2 rings (SSSR count). The Bertz CT molecular complexity index is 720. The van der Waals surface area contributed by atoms with Gasteiger partial charge in [0, 0.05) is 11.4 Å². The van der Waals surface area contributed by atoms with Crippen LogP contribution in [0.25, 0.3) is 0 Å². The molecule has 2 aromatic rings. The fraction of sp³-hybridized carbons (Fsp3) is 0.300. The van der Waals surface area contributed by atoms with Gasteiger partial charge in [-0.15, -0.1) is 0 Å². The van der Waals surface area contributed by atoms with E-state index in [9.17, 15) is 9.59 Å². The number of carbonyl (C=O) groups is 2. The number of hydrogen-bond acceptors (Lipinski definition) is 3. The number of ether oxygens (including phenoxy) is 1. The van der Waals surface area contributed by atoms with Crippen molar-refractivity contribution in [3.05, 3.63) is 54.1 Å². The Morgan fingerprint density at radius 1 is 0.760 bits per heavy atom. The number of carbonyl (C=O) groups excluding carboxylic acids is 2. The maximum absolute atomic E-state index is 12.0. The highest BCUT2D eigenvalue weighted by atomic mass is 16.5. The van der Waals surface area contributed by atoms with Crippen LogP contribution in [0.5, 0.6) is 5.75 Å². The zero-order chi connectivity index (χ0) is 18.4. The van der Waals surface area contributed by atoms with E-state index >= 15 is 0 Å². The van der Waals surface area contributed by atoms with E-state index in [-0.39, 0.29) is 6.10 Å². The van der Waals surface area contributed by atoms with E-state index in [1.807, 2.05) is 26.0 Å². The summed E-state index contributed by atoms with van der Waals surface area (Å²) in [7, 11) is 0. The van der Waals surface area contributed by atoms with Gasteiger partial charge in [0.2, 0.25) is 0 Å². The molecule has 5 heteroatoms. The first kappa shape index (κ1) is 18.5. The minimum Gasteiger partial charge on any atom is -0.491 e. The van der Waals surface area contributed by atoms with Crippen molar-refractivity contribution in [3.63, 3.8) is 0 Å². The zero-order valence-corrected chi connectivity index (χ0v) is 15.0. The molecule has 0 saturated carbocycles. The molecule has 0 aromatic heterocycles. The van der Waals surface area contributed by atoms with Crippen molar-refractivity contribution in [2.75, 3.05) is 10.6 Å². The van der Waals surface area contributed by atoms with Gasteiger partial charge in [0.15, 0.2) is 0 Å². The monoisotopic (exact) mass is 340 g/mol. The van der Waals surface area contributed by atoms with E-state index in [4.69, 9.17) is 4.74 Å². The summed E-state index contributed by atoms with van der Waals surface area (Å²) in [6, 6.07) is 14.3. The molecule has 0 aliphatic heterocycles. The molecule has 25 heavy (non-hydrogen) atoms. The van der Waals surface area contributed by atoms with E-state index in [1.165, 1.54) is 5.56 Å². The number of nitrogens with one attached hydrogen (secondary N) is 2. The summed E-state index contributed by atoms with van der Waals surface area (Å²) in [4.78, 5) is 24.0. The summed E-state index contributed by atoms with van der Waals surface area (Å²) in [5.41, 5.74) is 2.29. The summed E-state index contributed by atoms with van der Waals surface area (Å²) >= 11 is 0. The van der Waals surface area contributed by atoms with Gasteiger partial charge in [0.05, 0.1) is 6.10 Å². The standard InChI is InChI=1S/C20H24N2O3/c1-13(2)15-5-7-16(8-6-15)21-19(23)20(24)22-17-9-11-18(12-10-17)25-14(3)4/h5-14H,1-4H3,(H,21,23)(H,22,24). The number of rotatable bonds is 5. The second-order valence-electron chi connectivity index (χ2n) is 6.38. The van der Waals surface area contributed by atoms with Crippen molar-refractivity contribution in [2.24, 2.45) is 0 Å². The average molecular weight is 340 g/mol. The van der Waals surface area contributed by atoms with Crippen molar-refractivity contribution >= 4 is 23.2 Å². The Labute approximate surface area is 148 Å². The lowest BCUT2D eigenvalue weighted by Crippen LogP contribution is -2.29. The molecule has 0 bridgehead atoms. The summed E-state index contributed by atoms with van der Waals surface area (Å²) in [6.07, 6.45) is 0.0771. The maximum Gasteiger partial charge on any atom is 0.314 e. The molecular weight excluding hydrogens is 316 g/mol. The van der Waals surface area contributed by atoms with Crippen LogP contribution in [-0.2, 0) is 9.59 Å². The van der Waals surface area contributed by atoms with Crippen LogP contribution in [0.15, 0.2) is 48.5 Å². The highest BCUT2D eigenvalue weighted by Gasteiger charge is 2.14. The van der Waals surface area contributed by atoms with E-state index in [0.717, 1.165) is 0 Å². The smallest absolute Gasteiger partial charge is 0.314 e. The van der Waals surface area contributed by atoms with Gasteiger partial charge in [-0.1, -0.05) is 26.0 Å². The molecule has 0 unspecified atom stereocenters. The Kier molecular flexibility index (Phi) is 6.17. The maximum atomic E-state index is 12.0. The van der Waals surface area contributed by atoms with Gasteiger partial charge >= 0.3 is 11.8 Å². The Morgan fingerprint density at radius 2 is 1.20 bits per heavy atom. The lowest BCUT2D eigenvalue weighted by Gasteiger charge is -2.11. The van der Waals surface area contributed by atoms with Gasteiger partial charge in [-0.25, -0.2) is 0 Å². The Hall–Kier alpha value is -2.82. The third kappa shape index (κ3) is 5.64. The Balaban J connectivity index is 1.92. The fourth-order valence-electron chi connectivity index (χ4n) is 2.22. The minimum atomic E-state index is -0.717. The van der Waals surface area contributed by atoms with Crippen LogP contribution < -0.4 is 15.4 Å². The predicted octanol–water partition coefficient (Wildman–Crippen LogP) is 4.17. The number of anilines is 2. The summed E-state index contributed by atoms with van der Waals surface area (Å²) < 4.78 is 5.53. The van der Waals surface area contributed by atoms with Gasteiger partial charge in [0.1, 0.15) is 5.75 Å². The molecule has 0 aliphatic rings. The van der Waals surface area contributed by atoms with Crippen LogP contribution in [0, 0.1) is 0 Å². The Morgan fingerprint density at radius 3 is 1.60 bits per heavy atom. The first-order chi connectivity index (χ1) is 11.8. The molecule has 2 amide bonds. The normalized spacial score (nSPS) is 10.6. The van der Waals surface area contributed by atoms with Crippen molar-refractivity contribution < 1.29 is 14.3 Å². The molecule has 2 N–H and O–H groups in total. The average Bonchev–Trinajstić information content (AvgIpc) is 2.56. The summed E-state index contributed by atoms with van der Waals surface area (Å²) in [5.74, 6) is -0.302. The minimum absolute atomic E-state index is 0.0771. The highest BCUT2D eigenvalue weighted by Crippen LogP contribution is 2.18. The van der Waals surface area contributed by atoms with E-state index in [0.29, 0.717) is 23.0 Å². The van der Waals surface area contributed by atoms with Gasteiger partial charge in [-0.2, -0.15) is 0 Å². The molecular formula is C20H24N2O3. The quantitative estimate of drug-likeness (QED) is 0.803. The third-order valence-corrected chi connectivity index (χ3v) is 3.53. The lowest BCUT2D eigenvalue weighted by molar-refractivity contribution is -0.132. The van der Waals surface area contributed by atoms with Crippen molar-refractivity contribution in [1.29, 1.82) is 0 Å². The SMILES string of the molecule is CC(C)Oc1ccc(NC(=O)C(=O)Nc2ccc(C(C)C)cc2)cc1. The molecule has 5 nitrogen and oxygen atoms in total. The third-order valence-electron chi connectivity index (χ3n) is 3.53. The van der Waals surface area contributed by atoms with Gasteiger partial charge in [-0.3, -0.25) is 9.59 Å². The number of hydrogen-bond donors (Lipinski definition) is 2. The molecule has 0 radical (unpaired) electrons. The zero-order valence-electron chi connectivity index (χ0n) is 15.0. The second-order valence-corrected chi connectivity index (χ2v) is 6.38. The van der Waals surface area contributed by atoms with Crippen LogP contribution in [0.1, 0.15) is 39.2 Å². The summed E-state index contributed by atoms with van der Waals surface area (Å²) in [5, 5.41) is 5.16. The van der Waals surface area contributed by atoms with E-state index < -0.39 is 11.8 Å². The molecule has 2 aromatic carbocycles. The van der Waals surface area contributed by atoms with Crippen LogP contribution >= 0.6 is 0 Å². The predicted molar refractivity (Wildman–Crippen MR) is 100.0 cm³/mol. The molecule has 0 fully saturated rings. The lowest BCUT2D eigenvalue weighted by atomic mass is 10.0. The molecule has 132 valence electrons. The van der Waals surface area contributed by atoms with Crippen molar-refractivity contribution in [1.82, 2.24) is 0 Å². The molecule has 0 atom stereocenters. The van der Waals surface area contributed by atoms with Gasteiger partial charge in [-0.05, 0) is 61.7 Å². The fourth-order valence-corrected chi connectivity index (χ4v) is 2.22. The molecule has 0 aliphatic carbocycles. The van der Waals surface area contributed by atoms with Gasteiger partial charge < -0.3 is 15.4 Å². The first-order valence-corrected chi connectivity index (χ1v) is 8.34. The van der Waals surface area contributed by atoms with Crippen molar-refractivity contribution in [3.8, 4) is 5.75 Å². The van der Waals surface area contributed by atoms with Crippen LogP contribution in [-0.4, -0.2) is 17.9 Å². The summed E-state index contributed by atoms with van der Waals surface area (Å²) in [6.45, 7) is 8.07. The van der Waals surface area contributed by atoms with E-state index in [2.05, 4.69) is 24.5 Å². The first-order valence-electron chi connectivity index (χ1n) is 8.34. The van der Waals surface area contributed by atoms with Crippen LogP contribution in [0.2, 0.25) is 0 Å². The number of amides is 2. The number of benzene rings is 2. The van der Waals surface area contributed by atoms with E-state index in [1.54, 1.807) is 36.4 Å². The van der Waals surface area contributed by atoms with Gasteiger partial charge in [0.25, 0.3) is 0 Å². The largest absolute Gasteiger partial charge is 0.491 e. The van der Waals surface area contributed by atoms with Crippen molar-refractivity contribution in [2.45, 2.75) is 39.7 Å². The molecule has 0 saturated heterocycles. The van der Waals surface area contributed by atoms with Crippen LogP contribution in [0.4, 0.5) is 11.4 Å².